The summed E-state index contributed by atoms with van der Waals surface area (Å²) in [5, 5.41) is 12.2. The zero-order valence-electron chi connectivity index (χ0n) is 6.74. The van der Waals surface area contributed by atoms with Crippen molar-refractivity contribution in [3.63, 3.8) is 0 Å². The van der Waals surface area contributed by atoms with Gasteiger partial charge in [-0.05, 0) is 19.1 Å². The Balaban J connectivity index is 2.91. The maximum absolute atomic E-state index is 11.5. The Morgan fingerprint density at radius 3 is 2.83 bits per heavy atom. The number of nitrogens with zero attached hydrogens (tertiary/aromatic N) is 1. The molecule has 0 spiro atoms. The summed E-state index contributed by atoms with van der Waals surface area (Å²) in [6, 6.07) is 7.38. The molecule has 0 unspecified atom stereocenters. The summed E-state index contributed by atoms with van der Waals surface area (Å²) < 4.78 is 0. The SMILES string of the molecule is Cc1cnc2ccccc2c1[O]. The van der Waals surface area contributed by atoms with E-state index in [1.165, 1.54) is 0 Å². The molecule has 0 aliphatic heterocycles. The van der Waals surface area contributed by atoms with Gasteiger partial charge in [-0.15, -0.1) is 0 Å². The minimum atomic E-state index is 0.0839. The second-order valence-corrected chi connectivity index (χ2v) is 2.79. The van der Waals surface area contributed by atoms with Gasteiger partial charge < -0.3 is 0 Å². The van der Waals surface area contributed by atoms with Gasteiger partial charge in [0.25, 0.3) is 0 Å². The molecule has 0 aliphatic rings. The minimum Gasteiger partial charge on any atom is -0.289 e. The van der Waals surface area contributed by atoms with E-state index >= 15 is 0 Å². The van der Waals surface area contributed by atoms with Crippen LogP contribution in [0.3, 0.4) is 0 Å². The molecule has 1 heterocycles. The van der Waals surface area contributed by atoms with Crippen molar-refractivity contribution in [2.75, 3.05) is 0 Å². The van der Waals surface area contributed by atoms with Crippen molar-refractivity contribution in [2.24, 2.45) is 0 Å². The number of hydrogen-bond acceptors (Lipinski definition) is 1. The minimum absolute atomic E-state index is 0.0839. The molecule has 59 valence electrons. The van der Waals surface area contributed by atoms with Crippen LogP contribution in [0, 0.1) is 6.92 Å². The lowest BCUT2D eigenvalue weighted by atomic mass is 10.1. The molecule has 12 heavy (non-hydrogen) atoms. The Morgan fingerprint density at radius 2 is 2.00 bits per heavy atom. The Labute approximate surface area is 70.5 Å². The standard InChI is InChI=1S/C10H8NO/c1-7-6-11-9-5-3-2-4-8(9)10(7)12/h2-6H,1H3. The van der Waals surface area contributed by atoms with Gasteiger partial charge in [-0.2, -0.15) is 0 Å². The molecule has 0 atom stereocenters. The van der Waals surface area contributed by atoms with Crippen LogP contribution in [0.25, 0.3) is 10.9 Å². The molecule has 2 aromatic rings. The maximum atomic E-state index is 11.5. The number of pyridine rings is 1. The smallest absolute Gasteiger partial charge is 0.192 e. The van der Waals surface area contributed by atoms with E-state index < -0.39 is 0 Å². The fourth-order valence-corrected chi connectivity index (χ4v) is 1.22. The van der Waals surface area contributed by atoms with Crippen molar-refractivity contribution >= 4 is 10.9 Å². The zero-order chi connectivity index (χ0) is 8.55. The second-order valence-electron chi connectivity index (χ2n) is 2.79. The van der Waals surface area contributed by atoms with Gasteiger partial charge in [-0.3, -0.25) is 10.1 Å². The van der Waals surface area contributed by atoms with E-state index in [2.05, 4.69) is 4.98 Å². The monoisotopic (exact) mass is 158 g/mol. The van der Waals surface area contributed by atoms with Crippen LogP contribution < -0.4 is 0 Å². The topological polar surface area (TPSA) is 32.8 Å². The molecule has 0 bridgehead atoms. The van der Waals surface area contributed by atoms with E-state index in [-0.39, 0.29) is 5.75 Å². The molecule has 0 saturated heterocycles. The molecular weight excluding hydrogens is 150 g/mol. The summed E-state index contributed by atoms with van der Waals surface area (Å²) in [4.78, 5) is 4.14. The van der Waals surface area contributed by atoms with Crippen LogP contribution in [-0.2, 0) is 5.11 Å². The summed E-state index contributed by atoms with van der Waals surface area (Å²) in [5.41, 5.74) is 1.47. The van der Waals surface area contributed by atoms with Crippen LogP contribution in [0.2, 0.25) is 0 Å². The first kappa shape index (κ1) is 7.10. The fourth-order valence-electron chi connectivity index (χ4n) is 1.22. The number of benzene rings is 1. The second kappa shape index (κ2) is 2.48. The molecule has 2 nitrogen and oxygen atoms in total. The molecule has 0 N–H and O–H groups in total. The molecule has 0 aliphatic carbocycles. The van der Waals surface area contributed by atoms with Crippen LogP contribution in [0.15, 0.2) is 30.5 Å². The van der Waals surface area contributed by atoms with Crippen LogP contribution in [0.4, 0.5) is 0 Å². The quantitative estimate of drug-likeness (QED) is 0.580. The number of fused-ring (bicyclic) bond motifs is 1. The van der Waals surface area contributed by atoms with Gasteiger partial charge in [0.05, 0.1) is 5.52 Å². The third kappa shape index (κ3) is 0.925. The largest absolute Gasteiger partial charge is 0.289 e. The Bertz CT molecular complexity index is 423. The van der Waals surface area contributed by atoms with Gasteiger partial charge in [-0.1, -0.05) is 12.1 Å². The number of aryl methyl sites for hydroxylation is 1. The highest BCUT2D eigenvalue weighted by atomic mass is 16.3. The third-order valence-electron chi connectivity index (χ3n) is 1.90. The van der Waals surface area contributed by atoms with E-state index in [1.54, 1.807) is 19.2 Å². The van der Waals surface area contributed by atoms with Crippen LogP contribution >= 0.6 is 0 Å². The Hall–Kier alpha value is -1.57. The summed E-state index contributed by atoms with van der Waals surface area (Å²) >= 11 is 0. The van der Waals surface area contributed by atoms with Gasteiger partial charge in [0, 0.05) is 17.1 Å². The maximum Gasteiger partial charge on any atom is 0.192 e. The van der Waals surface area contributed by atoms with Crippen LogP contribution in [0.1, 0.15) is 5.56 Å². The van der Waals surface area contributed by atoms with Gasteiger partial charge in [0.1, 0.15) is 0 Å². The molecule has 2 rings (SSSR count). The molecule has 0 saturated carbocycles. The third-order valence-corrected chi connectivity index (χ3v) is 1.90. The zero-order valence-corrected chi connectivity index (χ0v) is 6.74. The summed E-state index contributed by atoms with van der Waals surface area (Å²) in [6.07, 6.45) is 1.62. The van der Waals surface area contributed by atoms with E-state index in [0.29, 0.717) is 10.9 Å². The van der Waals surface area contributed by atoms with Crippen LogP contribution in [0.5, 0.6) is 5.75 Å². The van der Waals surface area contributed by atoms with Crippen molar-refractivity contribution in [1.29, 1.82) is 0 Å². The van der Waals surface area contributed by atoms with Gasteiger partial charge in [-0.25, -0.2) is 0 Å². The van der Waals surface area contributed by atoms with Gasteiger partial charge in [0.15, 0.2) is 5.75 Å². The lowest BCUT2D eigenvalue weighted by Crippen LogP contribution is -1.81. The molecular formula is C10H8NO. The number of aromatic nitrogens is 1. The Kier molecular flexibility index (Phi) is 1.47. The first-order valence-electron chi connectivity index (χ1n) is 3.80. The number of hydrogen-bond donors (Lipinski definition) is 0. The van der Waals surface area contributed by atoms with E-state index in [1.807, 2.05) is 18.2 Å². The highest BCUT2D eigenvalue weighted by Gasteiger charge is 2.03. The molecule has 2 heteroatoms. The number of para-hydroxylation sites is 1. The highest BCUT2D eigenvalue weighted by molar-refractivity contribution is 5.85. The number of rotatable bonds is 0. The van der Waals surface area contributed by atoms with E-state index in [0.717, 1.165) is 5.52 Å². The van der Waals surface area contributed by atoms with Crippen LogP contribution in [-0.4, -0.2) is 4.98 Å². The fraction of sp³-hybridized carbons (Fsp3) is 0.100. The normalized spacial score (nSPS) is 10.4. The Morgan fingerprint density at radius 1 is 1.25 bits per heavy atom. The molecule has 1 radical (unpaired) electrons. The molecule has 1 aromatic heterocycles. The lowest BCUT2D eigenvalue weighted by molar-refractivity contribution is 0.357. The van der Waals surface area contributed by atoms with Crippen molar-refractivity contribution < 1.29 is 5.11 Å². The van der Waals surface area contributed by atoms with Crippen molar-refractivity contribution in [2.45, 2.75) is 6.92 Å². The molecule has 0 fully saturated rings. The first-order valence-corrected chi connectivity index (χ1v) is 3.80. The summed E-state index contributed by atoms with van der Waals surface area (Å²) in [5.74, 6) is 0.0839. The summed E-state index contributed by atoms with van der Waals surface area (Å²) in [7, 11) is 0. The predicted molar refractivity (Wildman–Crippen MR) is 46.6 cm³/mol. The van der Waals surface area contributed by atoms with E-state index in [4.69, 9.17) is 0 Å². The van der Waals surface area contributed by atoms with Crippen molar-refractivity contribution in [3.8, 4) is 5.75 Å². The van der Waals surface area contributed by atoms with Crippen molar-refractivity contribution in [1.82, 2.24) is 4.98 Å². The van der Waals surface area contributed by atoms with Crippen molar-refractivity contribution in [3.05, 3.63) is 36.0 Å². The lowest BCUT2D eigenvalue weighted by Gasteiger charge is -1.99. The summed E-state index contributed by atoms with van der Waals surface area (Å²) in [6.45, 7) is 1.78. The average molecular weight is 158 g/mol. The molecule has 0 amide bonds. The van der Waals surface area contributed by atoms with E-state index in [9.17, 15) is 5.11 Å². The highest BCUT2D eigenvalue weighted by Crippen LogP contribution is 2.26. The first-order chi connectivity index (χ1) is 5.79. The molecule has 1 aromatic carbocycles. The predicted octanol–water partition coefficient (Wildman–Crippen LogP) is 2.69. The average Bonchev–Trinajstić information content (AvgIpc) is 2.12. The van der Waals surface area contributed by atoms with Gasteiger partial charge >= 0.3 is 0 Å². The van der Waals surface area contributed by atoms with Gasteiger partial charge in [0.2, 0.25) is 0 Å².